The highest BCUT2D eigenvalue weighted by Crippen LogP contribution is 2.12. The van der Waals surface area contributed by atoms with E-state index in [2.05, 4.69) is 0 Å². The standard InChI is InChI=1S/C8H17N5O5/c9-5-6(11(1-3-14)2-4-15)8(16)13(18)12(17)7(5)10/h5-6,14-15,18H,1-4,9-10H2. The molecule has 0 aliphatic carbocycles. The van der Waals surface area contributed by atoms with Gasteiger partial charge in [0, 0.05) is 13.1 Å². The first-order valence-corrected chi connectivity index (χ1v) is 5.29. The Kier molecular flexibility index (Phi) is 4.81. The van der Waals surface area contributed by atoms with Gasteiger partial charge in [0.05, 0.1) is 13.2 Å². The summed E-state index contributed by atoms with van der Waals surface area (Å²) in [6.45, 7) is -0.457. The van der Waals surface area contributed by atoms with E-state index in [0.717, 1.165) is 0 Å². The van der Waals surface area contributed by atoms with E-state index in [1.807, 2.05) is 0 Å². The average Bonchev–Trinajstić information content (AvgIpc) is 2.35. The molecule has 1 aliphatic rings. The Hall–Kier alpha value is -1.46. The first-order chi connectivity index (χ1) is 8.45. The Morgan fingerprint density at radius 3 is 2.33 bits per heavy atom. The molecule has 0 aromatic carbocycles. The van der Waals surface area contributed by atoms with Crippen molar-refractivity contribution in [3.63, 3.8) is 0 Å². The second-order valence-corrected chi connectivity index (χ2v) is 3.78. The molecule has 0 aromatic rings. The summed E-state index contributed by atoms with van der Waals surface area (Å²) in [6.07, 6.45) is 0. The van der Waals surface area contributed by atoms with Gasteiger partial charge in [-0.1, -0.05) is 0 Å². The van der Waals surface area contributed by atoms with Gasteiger partial charge in [0.2, 0.25) is 0 Å². The second kappa shape index (κ2) is 5.93. The fourth-order valence-corrected chi connectivity index (χ4v) is 1.79. The normalized spacial score (nSPS) is 25.2. The third-order valence-corrected chi connectivity index (χ3v) is 2.69. The van der Waals surface area contributed by atoms with Gasteiger partial charge in [-0.25, -0.2) is 5.21 Å². The van der Waals surface area contributed by atoms with Crippen LogP contribution in [0, 0.1) is 5.21 Å². The lowest BCUT2D eigenvalue weighted by atomic mass is 10.0. The summed E-state index contributed by atoms with van der Waals surface area (Å²) in [5, 5.41) is 38.1. The average molecular weight is 263 g/mol. The molecule has 0 spiro atoms. The van der Waals surface area contributed by atoms with Crippen LogP contribution in [0.2, 0.25) is 0 Å². The summed E-state index contributed by atoms with van der Waals surface area (Å²) < 4.78 is 0. The number of nitrogens with zero attached hydrogens (tertiary/aromatic N) is 3. The number of hydrazine groups is 1. The maximum atomic E-state index is 11.8. The molecule has 0 bridgehead atoms. The highest BCUT2D eigenvalue weighted by Gasteiger charge is 2.44. The SMILES string of the molecule is NC1=[N+]([O-])N(O)C(=O)C(N(CCO)CCO)C1N. The van der Waals surface area contributed by atoms with Crippen LogP contribution < -0.4 is 11.5 Å². The molecule has 18 heavy (non-hydrogen) atoms. The summed E-state index contributed by atoms with van der Waals surface area (Å²) >= 11 is 0. The molecule has 0 saturated carbocycles. The van der Waals surface area contributed by atoms with Gasteiger partial charge in [0.1, 0.15) is 12.1 Å². The van der Waals surface area contributed by atoms with Gasteiger partial charge in [0.15, 0.2) is 0 Å². The zero-order chi connectivity index (χ0) is 13.9. The summed E-state index contributed by atoms with van der Waals surface area (Å²) in [7, 11) is 0. The minimum Gasteiger partial charge on any atom is -0.690 e. The van der Waals surface area contributed by atoms with Crippen LogP contribution in [0.5, 0.6) is 0 Å². The van der Waals surface area contributed by atoms with Crippen LogP contribution in [0.25, 0.3) is 0 Å². The number of nitrogens with two attached hydrogens (primary N) is 2. The lowest BCUT2D eigenvalue weighted by molar-refractivity contribution is -0.693. The predicted molar refractivity (Wildman–Crippen MR) is 59.0 cm³/mol. The van der Waals surface area contributed by atoms with E-state index in [4.69, 9.17) is 21.7 Å². The molecule has 0 fully saturated rings. The minimum atomic E-state index is -1.13. The zero-order valence-corrected chi connectivity index (χ0v) is 9.64. The lowest BCUT2D eigenvalue weighted by Gasteiger charge is -2.37. The summed E-state index contributed by atoms with van der Waals surface area (Å²) in [5.74, 6) is -1.39. The summed E-state index contributed by atoms with van der Waals surface area (Å²) in [4.78, 5) is 12.9. The maximum Gasteiger partial charge on any atom is 0.307 e. The molecule has 1 amide bonds. The van der Waals surface area contributed by atoms with E-state index in [1.54, 1.807) is 0 Å². The Labute approximate surface area is 103 Å². The van der Waals surface area contributed by atoms with Crippen LogP contribution >= 0.6 is 0 Å². The number of carbonyl (C=O) groups excluding carboxylic acids is 1. The monoisotopic (exact) mass is 263 g/mol. The second-order valence-electron chi connectivity index (χ2n) is 3.78. The molecule has 0 saturated heterocycles. The van der Waals surface area contributed by atoms with Gasteiger partial charge in [-0.05, 0) is 5.17 Å². The third-order valence-electron chi connectivity index (χ3n) is 2.69. The predicted octanol–water partition coefficient (Wildman–Crippen LogP) is -4.02. The molecule has 1 heterocycles. The molecule has 0 aromatic heterocycles. The van der Waals surface area contributed by atoms with E-state index < -0.39 is 23.8 Å². The highest BCUT2D eigenvalue weighted by atomic mass is 16.7. The molecule has 10 heteroatoms. The quantitative estimate of drug-likeness (QED) is 0.190. The topological polar surface area (TPSA) is 162 Å². The first-order valence-electron chi connectivity index (χ1n) is 5.29. The Morgan fingerprint density at radius 1 is 1.39 bits per heavy atom. The summed E-state index contributed by atoms with van der Waals surface area (Å²) in [5.41, 5.74) is 11.1. The van der Waals surface area contributed by atoms with Gasteiger partial charge in [0.25, 0.3) is 5.84 Å². The number of aliphatic hydroxyl groups is 2. The molecule has 10 nitrogen and oxygen atoms in total. The van der Waals surface area contributed by atoms with E-state index in [9.17, 15) is 15.2 Å². The van der Waals surface area contributed by atoms with Gasteiger partial charge in [-0.15, -0.1) is 4.85 Å². The van der Waals surface area contributed by atoms with Crippen molar-refractivity contribution >= 4 is 11.7 Å². The van der Waals surface area contributed by atoms with Crippen LogP contribution in [0.1, 0.15) is 0 Å². The van der Waals surface area contributed by atoms with Gasteiger partial charge >= 0.3 is 5.91 Å². The Balaban J connectivity index is 3.02. The fourth-order valence-electron chi connectivity index (χ4n) is 1.79. The van der Waals surface area contributed by atoms with Crippen molar-refractivity contribution in [2.75, 3.05) is 26.3 Å². The van der Waals surface area contributed by atoms with E-state index in [0.29, 0.717) is 0 Å². The van der Waals surface area contributed by atoms with Crippen LogP contribution in [0.4, 0.5) is 0 Å². The van der Waals surface area contributed by atoms with E-state index in [-0.39, 0.29) is 36.3 Å². The van der Waals surface area contributed by atoms with Crippen molar-refractivity contribution in [3.8, 4) is 0 Å². The van der Waals surface area contributed by atoms with Crippen LogP contribution in [0.15, 0.2) is 0 Å². The number of amidine groups is 1. The molecule has 2 unspecified atom stereocenters. The Morgan fingerprint density at radius 2 is 1.89 bits per heavy atom. The zero-order valence-electron chi connectivity index (χ0n) is 9.64. The van der Waals surface area contributed by atoms with E-state index in [1.165, 1.54) is 4.90 Å². The third kappa shape index (κ3) is 2.52. The molecule has 2 atom stereocenters. The molecule has 1 rings (SSSR count). The van der Waals surface area contributed by atoms with Crippen molar-refractivity contribution in [2.24, 2.45) is 11.5 Å². The summed E-state index contributed by atoms with van der Waals surface area (Å²) in [6, 6.07) is -2.24. The van der Waals surface area contributed by atoms with Crippen molar-refractivity contribution in [1.29, 1.82) is 0 Å². The molecule has 104 valence electrons. The van der Waals surface area contributed by atoms with Crippen molar-refractivity contribution < 1.29 is 25.1 Å². The number of rotatable bonds is 5. The number of hydrazone groups is 1. The van der Waals surface area contributed by atoms with Crippen molar-refractivity contribution in [1.82, 2.24) is 10.1 Å². The number of hydrogen-bond acceptors (Lipinski definition) is 8. The number of carbonyl (C=O) groups is 1. The van der Waals surface area contributed by atoms with Crippen LogP contribution in [0.3, 0.4) is 0 Å². The van der Waals surface area contributed by atoms with Gasteiger partial charge in [-0.2, -0.15) is 0 Å². The first kappa shape index (κ1) is 14.6. The van der Waals surface area contributed by atoms with Crippen molar-refractivity contribution in [3.05, 3.63) is 5.21 Å². The fraction of sp³-hybridized carbons (Fsp3) is 0.750. The number of hydrogen-bond donors (Lipinski definition) is 5. The number of aliphatic hydroxyl groups excluding tert-OH is 2. The molecular formula is C8H17N5O5. The molecule has 1 aliphatic heterocycles. The molecular weight excluding hydrogens is 246 g/mol. The Bertz CT molecular complexity index is 343. The maximum absolute atomic E-state index is 11.8. The van der Waals surface area contributed by atoms with Crippen LogP contribution in [-0.4, -0.2) is 80.5 Å². The van der Waals surface area contributed by atoms with Gasteiger partial charge < -0.3 is 21.2 Å². The largest absolute Gasteiger partial charge is 0.690 e. The molecule has 7 N–H and O–H groups in total. The smallest absolute Gasteiger partial charge is 0.307 e. The number of amides is 1. The molecule has 0 radical (unpaired) electrons. The highest BCUT2D eigenvalue weighted by molar-refractivity contribution is 5.93. The van der Waals surface area contributed by atoms with Crippen molar-refractivity contribution in [2.45, 2.75) is 12.1 Å². The van der Waals surface area contributed by atoms with E-state index >= 15 is 0 Å². The van der Waals surface area contributed by atoms with Crippen LogP contribution in [-0.2, 0) is 4.79 Å². The van der Waals surface area contributed by atoms with Gasteiger partial charge in [-0.3, -0.25) is 15.4 Å². The lowest BCUT2D eigenvalue weighted by Crippen LogP contribution is -2.68. The minimum absolute atomic E-state index is 0.0463. The number of hydroxylamine groups is 1.